The highest BCUT2D eigenvalue weighted by molar-refractivity contribution is 5.99. The maximum absolute atomic E-state index is 13.2. The van der Waals surface area contributed by atoms with Gasteiger partial charge in [-0.1, -0.05) is 0 Å². The molecule has 1 amide bonds. The highest BCUT2D eigenvalue weighted by Gasteiger charge is 2.51. The van der Waals surface area contributed by atoms with Crippen LogP contribution in [-0.2, 0) is 9.53 Å². The fourth-order valence-corrected chi connectivity index (χ4v) is 4.04. The molecule has 0 bridgehead atoms. The zero-order valence-electron chi connectivity index (χ0n) is 17.5. The second kappa shape index (κ2) is 8.34. The number of hydrogen-bond donors (Lipinski definition) is 1. The van der Waals surface area contributed by atoms with E-state index in [4.69, 9.17) is 9.47 Å². The average molecular weight is 430 g/mol. The molecule has 6 nitrogen and oxygen atoms in total. The van der Waals surface area contributed by atoms with Gasteiger partial charge >= 0.3 is 6.18 Å². The molecule has 1 N–H and O–H groups in total. The van der Waals surface area contributed by atoms with Gasteiger partial charge in [0.2, 0.25) is 11.8 Å². The molecule has 1 aromatic rings. The number of hydrogen-bond acceptors (Lipinski definition) is 5. The van der Waals surface area contributed by atoms with E-state index in [-0.39, 0.29) is 24.5 Å². The van der Waals surface area contributed by atoms with Gasteiger partial charge < -0.3 is 19.5 Å². The lowest BCUT2D eigenvalue weighted by atomic mass is 9.68. The number of pyridine rings is 1. The van der Waals surface area contributed by atoms with Crippen LogP contribution in [0.1, 0.15) is 52.9 Å². The van der Waals surface area contributed by atoms with Crippen LogP contribution in [-0.4, -0.2) is 53.1 Å². The fourth-order valence-electron chi connectivity index (χ4n) is 4.04. The Bertz CT molecular complexity index is 744. The summed E-state index contributed by atoms with van der Waals surface area (Å²) in [7, 11) is 0. The van der Waals surface area contributed by atoms with Crippen molar-refractivity contribution in [1.82, 2.24) is 4.98 Å². The minimum atomic E-state index is -4.47. The van der Waals surface area contributed by atoms with Crippen LogP contribution in [0, 0.1) is 5.41 Å². The van der Waals surface area contributed by atoms with Crippen molar-refractivity contribution in [2.45, 2.75) is 76.9 Å². The number of rotatable bonds is 6. The highest BCUT2D eigenvalue weighted by atomic mass is 19.4. The third kappa shape index (κ3) is 4.88. The summed E-state index contributed by atoms with van der Waals surface area (Å²) in [5, 5.41) is 10.7. The van der Waals surface area contributed by atoms with Gasteiger partial charge in [0.1, 0.15) is 0 Å². The lowest BCUT2D eigenvalue weighted by Gasteiger charge is -2.41. The van der Waals surface area contributed by atoms with Crippen LogP contribution in [0.25, 0.3) is 0 Å². The molecule has 0 unspecified atom stereocenters. The number of anilines is 1. The van der Waals surface area contributed by atoms with Gasteiger partial charge in [0.05, 0.1) is 35.6 Å². The van der Waals surface area contributed by atoms with Gasteiger partial charge in [0, 0.05) is 12.6 Å². The first kappa shape index (κ1) is 22.8. The van der Waals surface area contributed by atoms with Crippen molar-refractivity contribution in [3.63, 3.8) is 0 Å². The van der Waals surface area contributed by atoms with Crippen molar-refractivity contribution in [2.75, 3.05) is 18.1 Å². The predicted molar refractivity (Wildman–Crippen MR) is 104 cm³/mol. The van der Waals surface area contributed by atoms with Crippen LogP contribution < -0.4 is 9.64 Å². The van der Waals surface area contributed by atoms with Gasteiger partial charge in [-0.3, -0.25) is 4.79 Å². The molecule has 3 rings (SSSR count). The van der Waals surface area contributed by atoms with E-state index in [0.717, 1.165) is 6.92 Å². The first-order valence-corrected chi connectivity index (χ1v) is 10.3. The number of nitrogens with zero attached hydrogens (tertiary/aromatic N) is 2. The Morgan fingerprint density at radius 1 is 1.17 bits per heavy atom. The molecular formula is C21H29F3N2O4. The second-order valence-corrected chi connectivity index (χ2v) is 8.73. The van der Waals surface area contributed by atoms with Crippen molar-refractivity contribution in [1.29, 1.82) is 0 Å². The SMILES string of the molecule is CC(C)OC[C@]1(O)CC[C@]2(CCN(c3ccc(O[C@@H](C)C(F)(F)F)nc3)C2=O)CC1. The topological polar surface area (TPSA) is 71.9 Å². The monoisotopic (exact) mass is 430 g/mol. The fraction of sp³-hybridized carbons (Fsp3) is 0.714. The van der Waals surface area contributed by atoms with Gasteiger partial charge in [-0.15, -0.1) is 0 Å². The average Bonchev–Trinajstić information content (AvgIpc) is 2.99. The number of amides is 1. The molecule has 9 heteroatoms. The molecule has 0 aromatic carbocycles. The zero-order valence-corrected chi connectivity index (χ0v) is 17.5. The minimum Gasteiger partial charge on any atom is -0.465 e. The van der Waals surface area contributed by atoms with Gasteiger partial charge in [0.15, 0.2) is 6.10 Å². The third-order valence-electron chi connectivity index (χ3n) is 6.13. The van der Waals surface area contributed by atoms with Crippen molar-refractivity contribution in [3.05, 3.63) is 18.3 Å². The lowest BCUT2D eigenvalue weighted by Crippen LogP contribution is -2.46. The molecule has 168 valence electrons. The molecule has 2 fully saturated rings. The third-order valence-corrected chi connectivity index (χ3v) is 6.13. The lowest BCUT2D eigenvalue weighted by molar-refractivity contribution is -0.189. The van der Waals surface area contributed by atoms with E-state index in [9.17, 15) is 23.1 Å². The summed E-state index contributed by atoms with van der Waals surface area (Å²) in [6.45, 7) is 5.53. The second-order valence-electron chi connectivity index (χ2n) is 8.73. The van der Waals surface area contributed by atoms with Crippen LogP contribution in [0.15, 0.2) is 18.3 Å². The molecule has 1 aliphatic heterocycles. The van der Waals surface area contributed by atoms with E-state index in [1.807, 2.05) is 13.8 Å². The summed E-state index contributed by atoms with van der Waals surface area (Å²) >= 11 is 0. The molecule has 1 saturated carbocycles. The number of halogens is 3. The first-order chi connectivity index (χ1) is 13.9. The quantitative estimate of drug-likeness (QED) is 0.742. The Morgan fingerprint density at radius 2 is 1.83 bits per heavy atom. The molecular weight excluding hydrogens is 401 g/mol. The molecule has 1 aliphatic carbocycles. The van der Waals surface area contributed by atoms with E-state index in [1.54, 1.807) is 11.0 Å². The Morgan fingerprint density at radius 3 is 2.37 bits per heavy atom. The summed E-state index contributed by atoms with van der Waals surface area (Å²) in [6, 6.07) is 2.90. The summed E-state index contributed by atoms with van der Waals surface area (Å²) in [5.41, 5.74) is -0.879. The van der Waals surface area contributed by atoms with Crippen LogP contribution in [0.2, 0.25) is 0 Å². The van der Waals surface area contributed by atoms with E-state index < -0.39 is 23.3 Å². The van der Waals surface area contributed by atoms with Gasteiger partial charge in [-0.2, -0.15) is 13.2 Å². The molecule has 1 aromatic heterocycles. The van der Waals surface area contributed by atoms with Crippen molar-refractivity contribution in [2.24, 2.45) is 5.41 Å². The summed E-state index contributed by atoms with van der Waals surface area (Å²) < 4.78 is 48.3. The van der Waals surface area contributed by atoms with E-state index >= 15 is 0 Å². The normalized spacial score (nSPS) is 28.4. The minimum absolute atomic E-state index is 0.0199. The number of alkyl halides is 3. The molecule has 30 heavy (non-hydrogen) atoms. The van der Waals surface area contributed by atoms with Crippen molar-refractivity contribution < 1.29 is 32.5 Å². The standard InChI is InChI=1S/C21H29F3N2O4/c1-14(2)29-13-20(28)8-6-19(7-9-20)10-11-26(18(19)27)16-4-5-17(25-12-16)30-15(3)21(22,23)24/h4-5,12,14-15,28H,6-11,13H2,1-3H3/t15-,19-,20+/m0/s1. The van der Waals surface area contributed by atoms with Gasteiger partial charge in [-0.05, 0) is 58.9 Å². The number of aliphatic hydroxyl groups is 1. The Labute approximate surface area is 174 Å². The van der Waals surface area contributed by atoms with E-state index in [1.165, 1.54) is 12.3 Å². The summed E-state index contributed by atoms with van der Waals surface area (Å²) in [6.07, 6.45) is -2.20. The van der Waals surface area contributed by atoms with Crippen LogP contribution in [0.4, 0.5) is 18.9 Å². The molecule has 0 radical (unpaired) electrons. The number of carbonyl (C=O) groups excluding carboxylic acids is 1. The maximum Gasteiger partial charge on any atom is 0.425 e. The number of aromatic nitrogens is 1. The molecule has 2 aliphatic rings. The van der Waals surface area contributed by atoms with Crippen molar-refractivity contribution in [3.8, 4) is 5.88 Å². The van der Waals surface area contributed by atoms with Crippen LogP contribution >= 0.6 is 0 Å². The van der Waals surface area contributed by atoms with Crippen LogP contribution in [0.3, 0.4) is 0 Å². The summed E-state index contributed by atoms with van der Waals surface area (Å²) in [4.78, 5) is 18.7. The molecule has 1 saturated heterocycles. The molecule has 1 spiro atoms. The Hall–Kier alpha value is -1.87. The predicted octanol–water partition coefficient (Wildman–Crippen LogP) is 3.86. The zero-order chi connectivity index (χ0) is 22.2. The Balaban J connectivity index is 1.62. The summed E-state index contributed by atoms with van der Waals surface area (Å²) in [5.74, 6) is -0.161. The number of carbonyl (C=O) groups is 1. The first-order valence-electron chi connectivity index (χ1n) is 10.3. The van der Waals surface area contributed by atoms with E-state index in [0.29, 0.717) is 44.3 Å². The Kier molecular flexibility index (Phi) is 6.34. The van der Waals surface area contributed by atoms with Crippen molar-refractivity contribution >= 4 is 11.6 Å². The van der Waals surface area contributed by atoms with Gasteiger partial charge in [-0.25, -0.2) is 4.98 Å². The van der Waals surface area contributed by atoms with E-state index in [2.05, 4.69) is 4.98 Å². The van der Waals surface area contributed by atoms with Crippen LogP contribution in [0.5, 0.6) is 5.88 Å². The molecule has 2 heterocycles. The van der Waals surface area contributed by atoms with Gasteiger partial charge in [0.25, 0.3) is 0 Å². The largest absolute Gasteiger partial charge is 0.465 e. The molecule has 1 atom stereocenters. The smallest absolute Gasteiger partial charge is 0.425 e. The highest BCUT2D eigenvalue weighted by Crippen LogP contribution is 2.48. The maximum atomic E-state index is 13.2. The number of ether oxygens (including phenoxy) is 2.